The molecule has 3 heteroatoms. The SMILES string of the molecule is CNC(CCN(C)C(C)C(C)(C)C)c1ccc(F)cc1. The van der Waals surface area contributed by atoms with Crippen LogP contribution in [0.15, 0.2) is 24.3 Å². The molecular weight excluding hydrogens is 251 g/mol. The van der Waals surface area contributed by atoms with Crippen molar-refractivity contribution in [2.45, 2.75) is 46.2 Å². The molecule has 0 radical (unpaired) electrons. The van der Waals surface area contributed by atoms with E-state index in [0.717, 1.165) is 18.5 Å². The monoisotopic (exact) mass is 280 g/mol. The number of halogens is 1. The van der Waals surface area contributed by atoms with Crippen molar-refractivity contribution in [2.75, 3.05) is 20.6 Å². The van der Waals surface area contributed by atoms with Gasteiger partial charge in [0.2, 0.25) is 0 Å². The average molecular weight is 280 g/mol. The number of hydrogen-bond donors (Lipinski definition) is 1. The summed E-state index contributed by atoms with van der Waals surface area (Å²) in [5.41, 5.74) is 1.42. The van der Waals surface area contributed by atoms with Crippen molar-refractivity contribution >= 4 is 0 Å². The van der Waals surface area contributed by atoms with E-state index in [-0.39, 0.29) is 17.3 Å². The molecule has 0 aliphatic carbocycles. The summed E-state index contributed by atoms with van der Waals surface area (Å²) in [4.78, 5) is 2.40. The van der Waals surface area contributed by atoms with Gasteiger partial charge in [0.15, 0.2) is 0 Å². The Morgan fingerprint density at radius 2 is 1.75 bits per heavy atom. The van der Waals surface area contributed by atoms with Crippen LogP contribution < -0.4 is 5.32 Å². The lowest BCUT2D eigenvalue weighted by molar-refractivity contribution is 0.136. The molecule has 1 aromatic rings. The van der Waals surface area contributed by atoms with Gasteiger partial charge in [-0.3, -0.25) is 0 Å². The Labute approximate surface area is 123 Å². The van der Waals surface area contributed by atoms with Gasteiger partial charge in [-0.1, -0.05) is 32.9 Å². The highest BCUT2D eigenvalue weighted by Crippen LogP contribution is 2.24. The Balaban J connectivity index is 2.60. The first-order chi connectivity index (χ1) is 9.25. The van der Waals surface area contributed by atoms with Gasteiger partial charge in [-0.15, -0.1) is 0 Å². The van der Waals surface area contributed by atoms with E-state index < -0.39 is 0 Å². The summed E-state index contributed by atoms with van der Waals surface area (Å²) < 4.78 is 13.0. The van der Waals surface area contributed by atoms with Gasteiger partial charge in [-0.2, -0.15) is 0 Å². The van der Waals surface area contributed by atoms with Gasteiger partial charge in [-0.25, -0.2) is 4.39 Å². The largest absolute Gasteiger partial charge is 0.313 e. The molecule has 0 fully saturated rings. The topological polar surface area (TPSA) is 15.3 Å². The van der Waals surface area contributed by atoms with Crippen LogP contribution in [0, 0.1) is 11.2 Å². The lowest BCUT2D eigenvalue weighted by atomic mass is 9.87. The molecule has 0 saturated heterocycles. The van der Waals surface area contributed by atoms with Crippen molar-refractivity contribution in [1.29, 1.82) is 0 Å². The number of rotatable bonds is 6. The Morgan fingerprint density at radius 3 is 2.20 bits per heavy atom. The summed E-state index contributed by atoms with van der Waals surface area (Å²) >= 11 is 0. The minimum Gasteiger partial charge on any atom is -0.313 e. The summed E-state index contributed by atoms with van der Waals surface area (Å²) in [5, 5.41) is 3.32. The van der Waals surface area contributed by atoms with E-state index in [1.54, 1.807) is 0 Å². The zero-order chi connectivity index (χ0) is 15.3. The van der Waals surface area contributed by atoms with Crippen molar-refractivity contribution in [3.8, 4) is 0 Å². The van der Waals surface area contributed by atoms with E-state index >= 15 is 0 Å². The predicted molar refractivity (Wildman–Crippen MR) is 84.4 cm³/mol. The molecule has 1 rings (SSSR count). The van der Waals surface area contributed by atoms with Crippen molar-refractivity contribution in [3.05, 3.63) is 35.6 Å². The average Bonchev–Trinajstić information content (AvgIpc) is 2.39. The second-order valence-electron chi connectivity index (χ2n) is 6.70. The third-order valence-corrected chi connectivity index (χ3v) is 4.31. The maximum Gasteiger partial charge on any atom is 0.123 e. The van der Waals surface area contributed by atoms with Crippen LogP contribution in [0.25, 0.3) is 0 Å². The molecule has 0 aliphatic rings. The molecule has 0 spiro atoms. The fraction of sp³-hybridized carbons (Fsp3) is 0.647. The van der Waals surface area contributed by atoms with Gasteiger partial charge < -0.3 is 10.2 Å². The molecule has 1 aromatic carbocycles. The van der Waals surface area contributed by atoms with Crippen LogP contribution >= 0.6 is 0 Å². The summed E-state index contributed by atoms with van der Waals surface area (Å²) in [6.07, 6.45) is 1.01. The second kappa shape index (κ2) is 7.19. The zero-order valence-corrected chi connectivity index (χ0v) is 13.7. The number of nitrogens with one attached hydrogen (secondary N) is 1. The highest BCUT2D eigenvalue weighted by atomic mass is 19.1. The molecule has 2 nitrogen and oxygen atoms in total. The van der Waals surface area contributed by atoms with Crippen LogP contribution in [0.2, 0.25) is 0 Å². The number of nitrogens with zero attached hydrogens (tertiary/aromatic N) is 1. The zero-order valence-electron chi connectivity index (χ0n) is 13.7. The first-order valence-electron chi connectivity index (χ1n) is 7.38. The molecule has 114 valence electrons. The van der Waals surface area contributed by atoms with E-state index in [9.17, 15) is 4.39 Å². The molecule has 2 unspecified atom stereocenters. The Hall–Kier alpha value is -0.930. The van der Waals surface area contributed by atoms with Crippen molar-refractivity contribution in [1.82, 2.24) is 10.2 Å². The lowest BCUT2D eigenvalue weighted by Crippen LogP contribution is -2.40. The normalized spacial score (nSPS) is 15.4. The predicted octanol–water partition coefficient (Wildman–Crippen LogP) is 3.84. The van der Waals surface area contributed by atoms with Gasteiger partial charge in [-0.05, 0) is 57.1 Å². The quantitative estimate of drug-likeness (QED) is 0.851. The minimum absolute atomic E-state index is 0.179. The summed E-state index contributed by atoms with van der Waals surface area (Å²) in [5.74, 6) is -0.179. The van der Waals surface area contributed by atoms with E-state index in [4.69, 9.17) is 0 Å². The summed E-state index contributed by atoms with van der Waals surface area (Å²) in [6.45, 7) is 10.1. The Kier molecular flexibility index (Phi) is 6.15. The van der Waals surface area contributed by atoms with Crippen LogP contribution in [0.1, 0.15) is 45.7 Å². The van der Waals surface area contributed by atoms with Crippen molar-refractivity contribution < 1.29 is 4.39 Å². The first kappa shape index (κ1) is 17.1. The van der Waals surface area contributed by atoms with Gasteiger partial charge >= 0.3 is 0 Å². The van der Waals surface area contributed by atoms with Crippen LogP contribution in [-0.2, 0) is 0 Å². The minimum atomic E-state index is -0.179. The van der Waals surface area contributed by atoms with Crippen LogP contribution in [-0.4, -0.2) is 31.6 Å². The third kappa shape index (κ3) is 4.88. The first-order valence-corrected chi connectivity index (χ1v) is 7.38. The number of hydrogen-bond acceptors (Lipinski definition) is 2. The fourth-order valence-corrected chi connectivity index (χ4v) is 2.36. The van der Waals surface area contributed by atoms with Gasteiger partial charge in [0, 0.05) is 12.1 Å². The maximum atomic E-state index is 13.0. The summed E-state index contributed by atoms with van der Waals surface area (Å²) in [7, 11) is 4.13. The Morgan fingerprint density at radius 1 is 1.20 bits per heavy atom. The van der Waals surface area contributed by atoms with Crippen LogP contribution in [0.3, 0.4) is 0 Å². The van der Waals surface area contributed by atoms with E-state index in [1.165, 1.54) is 12.1 Å². The molecule has 0 heterocycles. The second-order valence-corrected chi connectivity index (χ2v) is 6.70. The van der Waals surface area contributed by atoms with Crippen molar-refractivity contribution in [2.24, 2.45) is 5.41 Å². The Bertz CT molecular complexity index is 394. The van der Waals surface area contributed by atoms with E-state index in [1.807, 2.05) is 19.2 Å². The lowest BCUT2D eigenvalue weighted by Gasteiger charge is -2.36. The molecule has 0 aliphatic heterocycles. The maximum absolute atomic E-state index is 13.0. The van der Waals surface area contributed by atoms with Crippen LogP contribution in [0.4, 0.5) is 4.39 Å². The van der Waals surface area contributed by atoms with E-state index in [0.29, 0.717) is 6.04 Å². The molecular formula is C17H29FN2. The molecule has 0 amide bonds. The molecule has 0 saturated carbocycles. The van der Waals surface area contributed by atoms with Crippen LogP contribution in [0.5, 0.6) is 0 Å². The third-order valence-electron chi connectivity index (χ3n) is 4.31. The molecule has 0 aromatic heterocycles. The molecule has 2 atom stereocenters. The fourth-order valence-electron chi connectivity index (χ4n) is 2.36. The smallest absolute Gasteiger partial charge is 0.123 e. The standard InChI is InChI=1S/C17H29FN2/c1-13(17(2,3)4)20(6)12-11-16(19-5)14-7-9-15(18)10-8-14/h7-10,13,16,19H,11-12H2,1-6H3. The highest BCUT2D eigenvalue weighted by Gasteiger charge is 2.24. The van der Waals surface area contributed by atoms with Gasteiger partial charge in [0.25, 0.3) is 0 Å². The van der Waals surface area contributed by atoms with Crippen molar-refractivity contribution in [3.63, 3.8) is 0 Å². The number of benzene rings is 1. The summed E-state index contributed by atoms with van der Waals surface area (Å²) in [6, 6.07) is 7.58. The highest BCUT2D eigenvalue weighted by molar-refractivity contribution is 5.19. The molecule has 1 N–H and O–H groups in total. The molecule has 20 heavy (non-hydrogen) atoms. The van der Waals surface area contributed by atoms with E-state index in [2.05, 4.69) is 45.0 Å². The van der Waals surface area contributed by atoms with Gasteiger partial charge in [0.1, 0.15) is 5.82 Å². The van der Waals surface area contributed by atoms with Gasteiger partial charge in [0.05, 0.1) is 0 Å². The molecule has 0 bridgehead atoms.